The highest BCUT2D eigenvalue weighted by Gasteiger charge is 2.17. The van der Waals surface area contributed by atoms with Gasteiger partial charge in [0.15, 0.2) is 0 Å². The first-order valence-corrected chi connectivity index (χ1v) is 9.36. The maximum Gasteiger partial charge on any atom is 0.305 e. The van der Waals surface area contributed by atoms with Crippen molar-refractivity contribution in [1.82, 2.24) is 0 Å². The lowest BCUT2D eigenvalue weighted by molar-refractivity contribution is -0.384. The number of oxime groups is 1. The first kappa shape index (κ1) is 22.5. The molecule has 0 aliphatic rings. The van der Waals surface area contributed by atoms with Gasteiger partial charge in [0.05, 0.1) is 23.4 Å². The van der Waals surface area contributed by atoms with Gasteiger partial charge >= 0.3 is 5.97 Å². The molecule has 9 nitrogen and oxygen atoms in total. The summed E-state index contributed by atoms with van der Waals surface area (Å²) in [5.41, 5.74) is 1.49. The summed E-state index contributed by atoms with van der Waals surface area (Å²) in [7, 11) is 1.61. The van der Waals surface area contributed by atoms with E-state index in [4.69, 9.17) is 9.57 Å². The van der Waals surface area contributed by atoms with Gasteiger partial charge in [0.2, 0.25) is 0 Å². The van der Waals surface area contributed by atoms with Crippen LogP contribution in [0.3, 0.4) is 0 Å². The summed E-state index contributed by atoms with van der Waals surface area (Å²) in [6.45, 7) is 2.36. The van der Waals surface area contributed by atoms with Gasteiger partial charge in [-0.1, -0.05) is 23.4 Å². The first-order valence-electron chi connectivity index (χ1n) is 9.36. The van der Waals surface area contributed by atoms with E-state index in [0.717, 1.165) is 0 Å². The van der Waals surface area contributed by atoms with Crippen LogP contribution in [0.25, 0.3) is 0 Å². The van der Waals surface area contributed by atoms with Gasteiger partial charge in [0.1, 0.15) is 6.61 Å². The number of benzene rings is 2. The predicted molar refractivity (Wildman–Crippen MR) is 112 cm³/mol. The Balaban J connectivity index is 2.00. The Morgan fingerprint density at radius 1 is 1.17 bits per heavy atom. The maximum atomic E-state index is 12.7. The molecule has 0 radical (unpaired) electrons. The fourth-order valence-electron chi connectivity index (χ4n) is 2.59. The number of hydrogen-bond acceptors (Lipinski definition) is 7. The molecule has 2 aromatic rings. The fraction of sp³-hybridized carbons (Fsp3) is 0.286. The quantitative estimate of drug-likeness (QED) is 0.194. The van der Waals surface area contributed by atoms with Crippen molar-refractivity contribution in [3.63, 3.8) is 0 Å². The van der Waals surface area contributed by atoms with Crippen LogP contribution >= 0.6 is 0 Å². The molecule has 0 bridgehead atoms. The second-order valence-electron chi connectivity index (χ2n) is 6.20. The highest BCUT2D eigenvalue weighted by Crippen LogP contribution is 2.21. The van der Waals surface area contributed by atoms with Gasteiger partial charge in [-0.05, 0) is 31.5 Å². The van der Waals surface area contributed by atoms with Crippen molar-refractivity contribution in [2.45, 2.75) is 19.8 Å². The molecule has 1 amide bonds. The van der Waals surface area contributed by atoms with Crippen LogP contribution in [0.2, 0.25) is 0 Å². The van der Waals surface area contributed by atoms with Crippen LogP contribution in [-0.2, 0) is 14.4 Å². The number of rotatable bonds is 10. The number of esters is 1. The van der Waals surface area contributed by atoms with Crippen LogP contribution in [0.4, 0.5) is 11.4 Å². The molecule has 0 saturated carbocycles. The largest absolute Gasteiger partial charge is 0.466 e. The smallest absolute Gasteiger partial charge is 0.305 e. The van der Waals surface area contributed by atoms with E-state index in [1.165, 1.54) is 35.4 Å². The minimum Gasteiger partial charge on any atom is -0.466 e. The molecule has 0 N–H and O–H groups in total. The Bertz CT molecular complexity index is 911. The number of nitro benzene ring substituents is 1. The lowest BCUT2D eigenvalue weighted by Gasteiger charge is -2.19. The third-order valence-corrected chi connectivity index (χ3v) is 4.12. The van der Waals surface area contributed by atoms with E-state index in [1.54, 1.807) is 38.2 Å². The van der Waals surface area contributed by atoms with Gasteiger partial charge in [-0.25, -0.2) is 0 Å². The molecule has 0 saturated heterocycles. The molecule has 0 atom stereocenters. The van der Waals surface area contributed by atoms with E-state index in [-0.39, 0.29) is 30.6 Å². The van der Waals surface area contributed by atoms with Gasteiger partial charge in [-0.2, -0.15) is 0 Å². The standard InChI is InChI=1S/C21H23N3O6/c1-3-29-20(25)9-6-14-30-22-15-17-7-4-5-8-19(17)23(2)21(26)16-10-12-18(13-11-16)24(27)28/h4-5,7-8,10-13,15H,3,6,9,14H2,1-2H3. The number of anilines is 1. The summed E-state index contributed by atoms with van der Waals surface area (Å²) in [5, 5.41) is 14.7. The number of para-hydroxylation sites is 1. The average molecular weight is 413 g/mol. The molecule has 0 heterocycles. The normalized spacial score (nSPS) is 10.6. The number of ether oxygens (including phenoxy) is 1. The Kier molecular flexibility index (Phi) is 8.49. The minimum absolute atomic E-state index is 0.0816. The van der Waals surface area contributed by atoms with E-state index >= 15 is 0 Å². The van der Waals surface area contributed by atoms with Crippen LogP contribution < -0.4 is 4.90 Å². The van der Waals surface area contributed by atoms with Crippen LogP contribution in [0.1, 0.15) is 35.7 Å². The molecule has 158 valence electrons. The summed E-state index contributed by atoms with van der Waals surface area (Å²) >= 11 is 0. The Morgan fingerprint density at radius 3 is 2.53 bits per heavy atom. The summed E-state index contributed by atoms with van der Waals surface area (Å²) in [5.74, 6) is -0.595. The average Bonchev–Trinajstić information content (AvgIpc) is 2.75. The maximum absolute atomic E-state index is 12.7. The molecular weight excluding hydrogens is 390 g/mol. The molecular formula is C21H23N3O6. The molecule has 30 heavy (non-hydrogen) atoms. The van der Waals surface area contributed by atoms with Crippen molar-refractivity contribution in [2.75, 3.05) is 25.2 Å². The zero-order valence-corrected chi connectivity index (χ0v) is 16.8. The van der Waals surface area contributed by atoms with Gasteiger partial charge in [-0.15, -0.1) is 0 Å². The van der Waals surface area contributed by atoms with E-state index < -0.39 is 4.92 Å². The highest BCUT2D eigenvalue weighted by molar-refractivity contribution is 6.08. The summed E-state index contributed by atoms with van der Waals surface area (Å²) in [6.07, 6.45) is 2.22. The lowest BCUT2D eigenvalue weighted by atomic mass is 10.1. The highest BCUT2D eigenvalue weighted by atomic mass is 16.6. The Morgan fingerprint density at radius 2 is 1.87 bits per heavy atom. The van der Waals surface area contributed by atoms with Gasteiger partial charge in [0, 0.05) is 36.7 Å². The second-order valence-corrected chi connectivity index (χ2v) is 6.20. The van der Waals surface area contributed by atoms with E-state index in [0.29, 0.717) is 29.8 Å². The van der Waals surface area contributed by atoms with Crippen molar-refractivity contribution >= 4 is 29.5 Å². The van der Waals surface area contributed by atoms with Gasteiger partial charge < -0.3 is 14.5 Å². The predicted octanol–water partition coefficient (Wildman–Crippen LogP) is 3.57. The third-order valence-electron chi connectivity index (χ3n) is 4.12. The number of carbonyl (C=O) groups is 2. The third kappa shape index (κ3) is 6.40. The molecule has 0 spiro atoms. The van der Waals surface area contributed by atoms with Crippen LogP contribution in [0.5, 0.6) is 0 Å². The molecule has 0 unspecified atom stereocenters. The van der Waals surface area contributed by atoms with Crippen LogP contribution in [0.15, 0.2) is 53.7 Å². The molecule has 0 fully saturated rings. The number of nitrogens with zero attached hydrogens (tertiary/aromatic N) is 3. The number of hydrogen-bond donors (Lipinski definition) is 0. The van der Waals surface area contributed by atoms with Crippen LogP contribution in [-0.4, -0.2) is 43.3 Å². The first-order chi connectivity index (χ1) is 14.4. The van der Waals surface area contributed by atoms with E-state index in [9.17, 15) is 19.7 Å². The number of non-ortho nitro benzene ring substituents is 1. The monoisotopic (exact) mass is 413 g/mol. The van der Waals surface area contributed by atoms with Gasteiger partial charge in [0.25, 0.3) is 11.6 Å². The topological polar surface area (TPSA) is 111 Å². The zero-order valence-electron chi connectivity index (χ0n) is 16.8. The molecule has 0 aliphatic carbocycles. The van der Waals surface area contributed by atoms with Gasteiger partial charge in [-0.3, -0.25) is 19.7 Å². The van der Waals surface area contributed by atoms with E-state index in [1.807, 2.05) is 0 Å². The van der Waals surface area contributed by atoms with Crippen molar-refractivity contribution < 1.29 is 24.1 Å². The second kappa shape index (κ2) is 11.3. The molecule has 2 aromatic carbocycles. The van der Waals surface area contributed by atoms with E-state index in [2.05, 4.69) is 5.16 Å². The summed E-state index contributed by atoms with van der Waals surface area (Å²) in [6, 6.07) is 12.5. The number of carbonyl (C=O) groups excluding carboxylic acids is 2. The summed E-state index contributed by atoms with van der Waals surface area (Å²) in [4.78, 5) is 40.9. The minimum atomic E-state index is -0.517. The molecule has 9 heteroatoms. The zero-order chi connectivity index (χ0) is 21.9. The number of nitro groups is 1. The van der Waals surface area contributed by atoms with Crippen molar-refractivity contribution in [2.24, 2.45) is 5.16 Å². The van der Waals surface area contributed by atoms with Crippen molar-refractivity contribution in [3.05, 3.63) is 69.8 Å². The molecule has 2 rings (SSSR count). The Hall–Kier alpha value is -3.75. The summed E-state index contributed by atoms with van der Waals surface area (Å²) < 4.78 is 4.83. The van der Waals surface area contributed by atoms with Crippen LogP contribution in [0, 0.1) is 10.1 Å². The van der Waals surface area contributed by atoms with Crippen molar-refractivity contribution in [1.29, 1.82) is 0 Å². The Labute approximate surface area is 174 Å². The molecule has 0 aliphatic heterocycles. The SMILES string of the molecule is CCOC(=O)CCCON=Cc1ccccc1N(C)C(=O)c1ccc([N+](=O)[O-])cc1. The fourth-order valence-corrected chi connectivity index (χ4v) is 2.59. The van der Waals surface area contributed by atoms with Crippen molar-refractivity contribution in [3.8, 4) is 0 Å². The molecule has 0 aromatic heterocycles. The number of amides is 1. The lowest BCUT2D eigenvalue weighted by Crippen LogP contribution is -2.27.